The molecule has 0 spiro atoms. The highest BCUT2D eigenvalue weighted by atomic mass is 16.7. The molecule has 5 nitrogen and oxygen atoms in total. The van der Waals surface area contributed by atoms with Crippen molar-refractivity contribution in [1.29, 1.82) is 0 Å². The number of ether oxygens (including phenoxy) is 2. The van der Waals surface area contributed by atoms with Crippen molar-refractivity contribution in [1.82, 2.24) is 0 Å². The van der Waals surface area contributed by atoms with E-state index in [1.807, 2.05) is 13.8 Å². The number of hydrogen-bond acceptors (Lipinski definition) is 5. The van der Waals surface area contributed by atoms with Gasteiger partial charge in [-0.25, -0.2) is 0 Å². The average molecular weight is 220 g/mol. The lowest BCUT2D eigenvalue weighted by molar-refractivity contribution is -0.296. The summed E-state index contributed by atoms with van der Waals surface area (Å²) < 4.78 is 10.7. The highest BCUT2D eigenvalue weighted by Gasteiger charge is 2.42. The minimum Gasteiger partial charge on any atom is -0.394 e. The predicted octanol–water partition coefficient (Wildman–Crippen LogP) is -0.514. The van der Waals surface area contributed by atoms with Crippen LogP contribution >= 0.6 is 0 Å². The smallest absolute Gasteiger partial charge is 0.186 e. The molecule has 0 aromatic heterocycles. The van der Waals surface area contributed by atoms with Gasteiger partial charge in [0.25, 0.3) is 0 Å². The van der Waals surface area contributed by atoms with Crippen molar-refractivity contribution in [2.75, 3.05) is 6.61 Å². The Morgan fingerprint density at radius 3 is 2.33 bits per heavy atom. The van der Waals surface area contributed by atoms with Crippen LogP contribution < -0.4 is 0 Å². The van der Waals surface area contributed by atoms with Crippen LogP contribution in [-0.4, -0.2) is 52.6 Å². The number of rotatable bonds is 3. The molecular formula is C10H20O5. The molecule has 5 atom stereocenters. The van der Waals surface area contributed by atoms with Gasteiger partial charge in [0, 0.05) is 5.92 Å². The van der Waals surface area contributed by atoms with E-state index in [0.29, 0.717) is 0 Å². The third kappa shape index (κ3) is 2.89. The van der Waals surface area contributed by atoms with Crippen molar-refractivity contribution in [2.24, 2.45) is 5.92 Å². The van der Waals surface area contributed by atoms with Crippen LogP contribution in [0.3, 0.4) is 0 Å². The lowest BCUT2D eigenvalue weighted by atomic mass is 9.91. The van der Waals surface area contributed by atoms with E-state index >= 15 is 0 Å². The molecule has 0 radical (unpaired) electrons. The molecular weight excluding hydrogens is 200 g/mol. The zero-order chi connectivity index (χ0) is 11.6. The van der Waals surface area contributed by atoms with Crippen LogP contribution in [0.25, 0.3) is 0 Å². The molecule has 1 fully saturated rings. The maximum atomic E-state index is 9.71. The topological polar surface area (TPSA) is 79.2 Å². The Balaban J connectivity index is 2.65. The van der Waals surface area contributed by atoms with E-state index in [2.05, 4.69) is 0 Å². The lowest BCUT2D eigenvalue weighted by Crippen LogP contribution is -2.55. The van der Waals surface area contributed by atoms with Gasteiger partial charge in [0.15, 0.2) is 6.29 Å². The Morgan fingerprint density at radius 1 is 1.27 bits per heavy atom. The first kappa shape index (κ1) is 12.9. The standard InChI is InChI=1S/C10H20O5/c1-5(2)14-10-9(13)8(12)6(3)7(4-11)15-10/h5-13H,4H2,1-3H3/t6-,7-,8+,9-,10-/m1/s1. The highest BCUT2D eigenvalue weighted by Crippen LogP contribution is 2.26. The van der Waals surface area contributed by atoms with Crippen LogP contribution in [0.2, 0.25) is 0 Å². The number of aliphatic hydroxyl groups is 3. The van der Waals surface area contributed by atoms with Gasteiger partial charge in [0.1, 0.15) is 6.10 Å². The van der Waals surface area contributed by atoms with Crippen LogP contribution in [-0.2, 0) is 9.47 Å². The van der Waals surface area contributed by atoms with Gasteiger partial charge in [-0.3, -0.25) is 0 Å². The van der Waals surface area contributed by atoms with Gasteiger partial charge in [-0.15, -0.1) is 0 Å². The molecule has 1 heterocycles. The van der Waals surface area contributed by atoms with Crippen molar-refractivity contribution in [3.05, 3.63) is 0 Å². The molecule has 90 valence electrons. The van der Waals surface area contributed by atoms with Crippen molar-refractivity contribution < 1.29 is 24.8 Å². The summed E-state index contributed by atoms with van der Waals surface area (Å²) in [7, 11) is 0. The average Bonchev–Trinajstić information content (AvgIpc) is 2.18. The molecule has 15 heavy (non-hydrogen) atoms. The molecule has 1 rings (SSSR count). The van der Waals surface area contributed by atoms with Crippen LogP contribution in [0.1, 0.15) is 20.8 Å². The first-order chi connectivity index (χ1) is 6.97. The van der Waals surface area contributed by atoms with Crippen molar-refractivity contribution in [2.45, 2.75) is 51.5 Å². The summed E-state index contributed by atoms with van der Waals surface area (Å²) in [4.78, 5) is 0. The molecule has 1 aliphatic heterocycles. The van der Waals surface area contributed by atoms with Crippen molar-refractivity contribution >= 4 is 0 Å². The molecule has 1 saturated heterocycles. The Kier molecular flexibility index (Phi) is 4.48. The fourth-order valence-electron chi connectivity index (χ4n) is 1.66. The summed E-state index contributed by atoms with van der Waals surface area (Å²) in [5.41, 5.74) is 0. The van der Waals surface area contributed by atoms with Crippen LogP contribution in [0, 0.1) is 5.92 Å². The second-order valence-electron chi connectivity index (χ2n) is 4.25. The zero-order valence-electron chi connectivity index (χ0n) is 9.33. The molecule has 5 heteroatoms. The van der Waals surface area contributed by atoms with E-state index < -0.39 is 24.6 Å². The van der Waals surface area contributed by atoms with Gasteiger partial charge in [-0.05, 0) is 13.8 Å². The Hall–Kier alpha value is -0.200. The van der Waals surface area contributed by atoms with E-state index in [9.17, 15) is 10.2 Å². The van der Waals surface area contributed by atoms with Crippen LogP contribution in [0.5, 0.6) is 0 Å². The van der Waals surface area contributed by atoms with Gasteiger partial charge in [-0.2, -0.15) is 0 Å². The maximum absolute atomic E-state index is 9.71. The molecule has 0 aromatic rings. The van der Waals surface area contributed by atoms with Gasteiger partial charge in [0.2, 0.25) is 0 Å². The van der Waals surface area contributed by atoms with Crippen LogP contribution in [0.15, 0.2) is 0 Å². The normalized spacial score (nSPS) is 42.2. The quantitative estimate of drug-likeness (QED) is 0.597. The first-order valence-electron chi connectivity index (χ1n) is 5.25. The SMILES string of the molecule is CC(C)O[C@@H]1O[C@H](CO)[C@@H](C)[C@H](O)[C@H]1O. The van der Waals surface area contributed by atoms with E-state index in [1.54, 1.807) is 6.92 Å². The Bertz CT molecular complexity index is 194. The molecule has 1 aliphatic rings. The summed E-state index contributed by atoms with van der Waals surface area (Å²) in [5.74, 6) is -0.308. The van der Waals surface area contributed by atoms with Crippen molar-refractivity contribution in [3.8, 4) is 0 Å². The predicted molar refractivity (Wildman–Crippen MR) is 53.1 cm³/mol. The third-order valence-electron chi connectivity index (χ3n) is 2.65. The number of aliphatic hydroxyl groups excluding tert-OH is 3. The molecule has 0 unspecified atom stereocenters. The Labute approximate surface area is 89.6 Å². The minimum atomic E-state index is -1.06. The van der Waals surface area contributed by atoms with Gasteiger partial charge in [-0.1, -0.05) is 6.92 Å². The molecule has 0 bridgehead atoms. The fraction of sp³-hybridized carbons (Fsp3) is 1.00. The Morgan fingerprint density at radius 2 is 1.87 bits per heavy atom. The second kappa shape index (κ2) is 5.23. The summed E-state index contributed by atoms with van der Waals surface area (Å²) >= 11 is 0. The zero-order valence-corrected chi connectivity index (χ0v) is 9.33. The van der Waals surface area contributed by atoms with E-state index in [1.165, 1.54) is 0 Å². The van der Waals surface area contributed by atoms with E-state index in [-0.39, 0.29) is 18.6 Å². The first-order valence-corrected chi connectivity index (χ1v) is 5.25. The molecule has 0 aliphatic carbocycles. The largest absolute Gasteiger partial charge is 0.394 e. The monoisotopic (exact) mass is 220 g/mol. The third-order valence-corrected chi connectivity index (χ3v) is 2.65. The van der Waals surface area contributed by atoms with Crippen LogP contribution in [0.4, 0.5) is 0 Å². The molecule has 0 amide bonds. The fourth-order valence-corrected chi connectivity index (χ4v) is 1.66. The maximum Gasteiger partial charge on any atom is 0.186 e. The van der Waals surface area contributed by atoms with E-state index in [4.69, 9.17) is 14.6 Å². The van der Waals surface area contributed by atoms with Gasteiger partial charge in [0.05, 0.1) is 24.9 Å². The van der Waals surface area contributed by atoms with Crippen molar-refractivity contribution in [3.63, 3.8) is 0 Å². The minimum absolute atomic E-state index is 0.107. The molecule has 0 saturated carbocycles. The lowest BCUT2D eigenvalue weighted by Gasteiger charge is -2.41. The summed E-state index contributed by atoms with van der Waals surface area (Å²) in [5, 5.41) is 28.4. The highest BCUT2D eigenvalue weighted by molar-refractivity contribution is 4.86. The summed E-state index contributed by atoms with van der Waals surface area (Å²) in [6, 6.07) is 0. The molecule has 0 aromatic carbocycles. The van der Waals surface area contributed by atoms with E-state index in [0.717, 1.165) is 0 Å². The van der Waals surface area contributed by atoms with Gasteiger partial charge < -0.3 is 24.8 Å². The second-order valence-corrected chi connectivity index (χ2v) is 4.25. The molecule has 3 N–H and O–H groups in total. The number of hydrogen-bond donors (Lipinski definition) is 3. The summed E-state index contributed by atoms with van der Waals surface area (Å²) in [6.07, 6.45) is -3.46. The summed E-state index contributed by atoms with van der Waals surface area (Å²) in [6.45, 7) is 5.16. The van der Waals surface area contributed by atoms with Gasteiger partial charge >= 0.3 is 0 Å².